The second-order valence-electron chi connectivity index (χ2n) is 5.94. The van der Waals surface area contributed by atoms with Gasteiger partial charge in [-0.3, -0.25) is 0 Å². The number of hydrogen-bond donors (Lipinski definition) is 2. The van der Waals surface area contributed by atoms with Crippen LogP contribution in [0.2, 0.25) is 0 Å². The summed E-state index contributed by atoms with van der Waals surface area (Å²) in [6.07, 6.45) is 6.08. The molecule has 2 N–H and O–H groups in total. The van der Waals surface area contributed by atoms with Crippen LogP contribution in [0.3, 0.4) is 0 Å². The molecular formula is C13H20N2O. The van der Waals surface area contributed by atoms with Crippen LogP contribution in [-0.4, -0.2) is 23.8 Å². The van der Waals surface area contributed by atoms with Crippen molar-refractivity contribution >= 4 is 0 Å². The summed E-state index contributed by atoms with van der Waals surface area (Å²) in [5.74, 6) is 1.18. The van der Waals surface area contributed by atoms with Crippen LogP contribution in [0.1, 0.15) is 38.5 Å². The smallest absolute Gasteiger partial charge is 0.0891 e. The predicted molar refractivity (Wildman–Crippen MR) is 60.5 cm³/mol. The summed E-state index contributed by atoms with van der Waals surface area (Å²) in [5.41, 5.74) is -1.13. The molecule has 3 heteroatoms. The van der Waals surface area contributed by atoms with Crippen molar-refractivity contribution in [3.05, 3.63) is 0 Å². The molecule has 3 nitrogen and oxygen atoms in total. The number of piperidine rings is 1. The van der Waals surface area contributed by atoms with E-state index in [-0.39, 0.29) is 0 Å². The van der Waals surface area contributed by atoms with Crippen molar-refractivity contribution in [1.82, 2.24) is 5.32 Å². The Bertz CT molecular complexity index is 329. The Morgan fingerprint density at radius 3 is 2.50 bits per heavy atom. The van der Waals surface area contributed by atoms with E-state index in [0.717, 1.165) is 38.8 Å². The quantitative estimate of drug-likeness (QED) is 0.703. The van der Waals surface area contributed by atoms with Crippen LogP contribution >= 0.6 is 0 Å². The van der Waals surface area contributed by atoms with Crippen molar-refractivity contribution in [2.24, 2.45) is 17.3 Å². The van der Waals surface area contributed by atoms with Gasteiger partial charge in [-0.05, 0) is 57.0 Å². The van der Waals surface area contributed by atoms with Crippen LogP contribution in [0.25, 0.3) is 0 Å². The molecule has 3 rings (SSSR count). The first-order chi connectivity index (χ1) is 7.70. The molecule has 3 aliphatic rings. The lowest BCUT2D eigenvalue weighted by molar-refractivity contribution is -0.101. The average Bonchev–Trinajstić information content (AvgIpc) is 2.90. The second-order valence-corrected chi connectivity index (χ2v) is 5.94. The molecular weight excluding hydrogens is 200 g/mol. The molecule has 0 spiro atoms. The van der Waals surface area contributed by atoms with Gasteiger partial charge in [0.25, 0.3) is 0 Å². The summed E-state index contributed by atoms with van der Waals surface area (Å²) in [7, 11) is 0. The number of nitriles is 1. The van der Waals surface area contributed by atoms with E-state index in [1.165, 1.54) is 12.8 Å². The van der Waals surface area contributed by atoms with Gasteiger partial charge in [-0.25, -0.2) is 0 Å². The number of fused-ring (bicyclic) bond motifs is 2. The minimum atomic E-state index is -0.715. The third kappa shape index (κ3) is 1.20. The van der Waals surface area contributed by atoms with Crippen molar-refractivity contribution in [1.29, 1.82) is 5.26 Å². The Balaban J connectivity index is 1.93. The Morgan fingerprint density at radius 1 is 1.25 bits per heavy atom. The van der Waals surface area contributed by atoms with Gasteiger partial charge < -0.3 is 10.4 Å². The zero-order chi connectivity index (χ0) is 11.2. The molecule has 0 aromatic heterocycles. The second kappa shape index (κ2) is 3.45. The molecule has 3 atom stereocenters. The lowest BCUT2D eigenvalue weighted by Gasteiger charge is -2.47. The normalized spacial score (nSPS) is 45.5. The molecule has 2 saturated carbocycles. The zero-order valence-electron chi connectivity index (χ0n) is 9.71. The summed E-state index contributed by atoms with van der Waals surface area (Å²) in [6, 6.07) is 2.54. The van der Waals surface area contributed by atoms with Crippen molar-refractivity contribution < 1.29 is 5.11 Å². The highest BCUT2D eigenvalue weighted by molar-refractivity contribution is 5.20. The van der Waals surface area contributed by atoms with Crippen LogP contribution in [0.15, 0.2) is 0 Å². The van der Waals surface area contributed by atoms with Gasteiger partial charge in [0, 0.05) is 0 Å². The first-order valence-electron chi connectivity index (χ1n) is 6.54. The molecule has 1 aliphatic heterocycles. The molecule has 16 heavy (non-hydrogen) atoms. The number of nitrogens with one attached hydrogen (secondary N) is 1. The minimum Gasteiger partial charge on any atom is -0.388 e. The third-order valence-electron chi connectivity index (χ3n) is 5.31. The number of hydrogen-bond acceptors (Lipinski definition) is 3. The van der Waals surface area contributed by atoms with Gasteiger partial charge in [0.15, 0.2) is 0 Å². The van der Waals surface area contributed by atoms with Gasteiger partial charge in [0.05, 0.1) is 17.1 Å². The summed E-state index contributed by atoms with van der Waals surface area (Å²) >= 11 is 0. The maximum atomic E-state index is 10.9. The highest BCUT2D eigenvalue weighted by atomic mass is 16.3. The van der Waals surface area contributed by atoms with E-state index in [4.69, 9.17) is 0 Å². The van der Waals surface area contributed by atoms with E-state index in [1.807, 2.05) is 0 Å². The average molecular weight is 220 g/mol. The van der Waals surface area contributed by atoms with Crippen LogP contribution < -0.4 is 5.32 Å². The van der Waals surface area contributed by atoms with Crippen molar-refractivity contribution in [2.45, 2.75) is 44.1 Å². The highest BCUT2D eigenvalue weighted by Gasteiger charge is 2.61. The van der Waals surface area contributed by atoms with E-state index in [1.54, 1.807) is 0 Å². The van der Waals surface area contributed by atoms with Crippen LogP contribution in [-0.2, 0) is 0 Å². The van der Waals surface area contributed by atoms with Crippen LogP contribution in [0.5, 0.6) is 0 Å². The van der Waals surface area contributed by atoms with Crippen molar-refractivity contribution in [3.8, 4) is 6.07 Å². The van der Waals surface area contributed by atoms with Crippen LogP contribution in [0.4, 0.5) is 0 Å². The first kappa shape index (κ1) is 10.6. The molecule has 0 amide bonds. The third-order valence-corrected chi connectivity index (χ3v) is 5.31. The molecule has 1 saturated heterocycles. The number of aliphatic hydroxyl groups is 1. The maximum Gasteiger partial charge on any atom is 0.0891 e. The molecule has 0 radical (unpaired) electrons. The van der Waals surface area contributed by atoms with Crippen molar-refractivity contribution in [3.63, 3.8) is 0 Å². The highest BCUT2D eigenvalue weighted by Crippen LogP contribution is 2.61. The van der Waals surface area contributed by atoms with E-state index >= 15 is 0 Å². The molecule has 88 valence electrons. The fourth-order valence-electron chi connectivity index (χ4n) is 4.43. The molecule has 1 heterocycles. The van der Waals surface area contributed by atoms with Gasteiger partial charge in [-0.2, -0.15) is 5.26 Å². The molecule has 3 fully saturated rings. The standard InChI is InChI=1S/C13H20N2O/c14-9-12(8-10-1-2-11(12)7-10)13(16)3-5-15-6-4-13/h10-11,15-16H,1-8H2. The Hall–Kier alpha value is -0.590. The fraction of sp³-hybridized carbons (Fsp3) is 0.923. The molecule has 2 bridgehead atoms. The number of nitrogens with zero attached hydrogens (tertiary/aromatic N) is 1. The maximum absolute atomic E-state index is 10.9. The minimum absolute atomic E-state index is 0.419. The van der Waals surface area contributed by atoms with E-state index in [9.17, 15) is 10.4 Å². The van der Waals surface area contributed by atoms with Crippen LogP contribution in [0, 0.1) is 28.6 Å². The summed E-state index contributed by atoms with van der Waals surface area (Å²) < 4.78 is 0. The summed E-state index contributed by atoms with van der Waals surface area (Å²) in [4.78, 5) is 0. The number of rotatable bonds is 1. The van der Waals surface area contributed by atoms with E-state index < -0.39 is 11.0 Å². The Morgan fingerprint density at radius 2 is 2.00 bits per heavy atom. The predicted octanol–water partition coefficient (Wildman–Crippen LogP) is 1.43. The van der Waals surface area contributed by atoms with Gasteiger partial charge in [0.1, 0.15) is 0 Å². The van der Waals surface area contributed by atoms with E-state index in [0.29, 0.717) is 11.8 Å². The molecule has 0 aromatic carbocycles. The first-order valence-corrected chi connectivity index (χ1v) is 6.54. The van der Waals surface area contributed by atoms with Gasteiger partial charge in [0.2, 0.25) is 0 Å². The topological polar surface area (TPSA) is 56.0 Å². The molecule has 3 unspecified atom stereocenters. The van der Waals surface area contributed by atoms with E-state index in [2.05, 4.69) is 11.4 Å². The molecule has 0 aromatic rings. The van der Waals surface area contributed by atoms with Gasteiger partial charge >= 0.3 is 0 Å². The van der Waals surface area contributed by atoms with Gasteiger partial charge in [-0.15, -0.1) is 0 Å². The Labute approximate surface area is 96.8 Å². The monoisotopic (exact) mass is 220 g/mol. The largest absolute Gasteiger partial charge is 0.388 e. The molecule has 2 aliphatic carbocycles. The van der Waals surface area contributed by atoms with Crippen molar-refractivity contribution in [2.75, 3.05) is 13.1 Å². The zero-order valence-corrected chi connectivity index (χ0v) is 9.71. The SMILES string of the molecule is N#CC1(C2(O)CCNCC2)CC2CCC1C2. The summed E-state index contributed by atoms with van der Waals surface area (Å²) in [5, 5.41) is 23.8. The Kier molecular flexibility index (Phi) is 2.28. The lowest BCUT2D eigenvalue weighted by Crippen LogP contribution is -2.55. The fourth-order valence-corrected chi connectivity index (χ4v) is 4.43. The summed E-state index contributed by atoms with van der Waals surface area (Å²) in [6.45, 7) is 1.72. The lowest BCUT2D eigenvalue weighted by atomic mass is 9.60. The van der Waals surface area contributed by atoms with Gasteiger partial charge in [-0.1, -0.05) is 6.42 Å².